The first kappa shape index (κ1) is 23.6. The standard InChI is InChI=1S/C20H23ClFN3O4S/c1-14(20(27)23-2)24(12-15-8-10-16(21)11-9-15)19(26)13-25(30(3,28)29)18-7-5-4-6-17(18)22/h4-11,14H,12-13H2,1-3H3,(H,23,27)/t14-/m1/s1. The van der Waals surface area contributed by atoms with Crippen LogP contribution in [0.5, 0.6) is 0 Å². The van der Waals surface area contributed by atoms with E-state index in [0.717, 1.165) is 12.3 Å². The Bertz CT molecular complexity index is 1010. The highest BCUT2D eigenvalue weighted by atomic mass is 35.5. The van der Waals surface area contributed by atoms with Crippen molar-refractivity contribution in [3.05, 3.63) is 64.9 Å². The van der Waals surface area contributed by atoms with Crippen molar-refractivity contribution in [1.82, 2.24) is 10.2 Å². The molecule has 162 valence electrons. The predicted octanol–water partition coefficient (Wildman–Crippen LogP) is 2.41. The lowest BCUT2D eigenvalue weighted by Crippen LogP contribution is -2.50. The summed E-state index contributed by atoms with van der Waals surface area (Å²) in [4.78, 5) is 26.5. The number of nitrogens with one attached hydrogen (secondary N) is 1. The molecule has 2 rings (SSSR count). The Labute approximate surface area is 180 Å². The molecule has 0 heterocycles. The molecule has 0 aliphatic carbocycles. The summed E-state index contributed by atoms with van der Waals surface area (Å²) in [6, 6.07) is 11.1. The van der Waals surface area contributed by atoms with E-state index in [9.17, 15) is 22.4 Å². The van der Waals surface area contributed by atoms with Gasteiger partial charge in [-0.1, -0.05) is 35.9 Å². The Morgan fingerprint density at radius 1 is 1.13 bits per heavy atom. The Morgan fingerprint density at radius 2 is 1.73 bits per heavy atom. The number of sulfonamides is 1. The van der Waals surface area contributed by atoms with Crippen molar-refractivity contribution in [3.63, 3.8) is 0 Å². The van der Waals surface area contributed by atoms with E-state index >= 15 is 0 Å². The van der Waals surface area contributed by atoms with Crippen LogP contribution in [0.2, 0.25) is 5.02 Å². The summed E-state index contributed by atoms with van der Waals surface area (Å²) in [5.41, 5.74) is 0.452. The second-order valence-electron chi connectivity index (χ2n) is 6.66. The molecular weight excluding hydrogens is 433 g/mol. The van der Waals surface area contributed by atoms with Crippen LogP contribution in [0.4, 0.5) is 10.1 Å². The van der Waals surface area contributed by atoms with Gasteiger partial charge in [0.2, 0.25) is 21.8 Å². The number of benzene rings is 2. The predicted molar refractivity (Wildman–Crippen MR) is 114 cm³/mol. The molecule has 0 aliphatic heterocycles. The first-order chi connectivity index (χ1) is 14.0. The fourth-order valence-corrected chi connectivity index (χ4v) is 3.80. The number of para-hydroxylation sites is 1. The molecule has 2 aromatic rings. The van der Waals surface area contributed by atoms with Crippen molar-refractivity contribution in [2.24, 2.45) is 0 Å². The van der Waals surface area contributed by atoms with E-state index in [1.807, 2.05) is 0 Å². The molecule has 0 bridgehead atoms. The molecule has 1 atom stereocenters. The Kier molecular flexibility index (Phi) is 7.80. The SMILES string of the molecule is CNC(=O)[C@@H](C)N(Cc1ccc(Cl)cc1)C(=O)CN(c1ccccc1F)S(C)(=O)=O. The molecule has 2 amide bonds. The lowest BCUT2D eigenvalue weighted by Gasteiger charge is -2.31. The highest BCUT2D eigenvalue weighted by molar-refractivity contribution is 7.92. The van der Waals surface area contributed by atoms with E-state index in [1.54, 1.807) is 24.3 Å². The number of carbonyl (C=O) groups is 2. The van der Waals surface area contributed by atoms with Gasteiger partial charge in [-0.15, -0.1) is 0 Å². The number of likely N-dealkylation sites (N-methyl/N-ethyl adjacent to an activating group) is 1. The zero-order chi connectivity index (χ0) is 22.5. The quantitative estimate of drug-likeness (QED) is 0.662. The maximum atomic E-state index is 14.2. The van der Waals surface area contributed by atoms with E-state index in [0.29, 0.717) is 14.9 Å². The van der Waals surface area contributed by atoms with Gasteiger partial charge < -0.3 is 10.2 Å². The van der Waals surface area contributed by atoms with Gasteiger partial charge in [-0.3, -0.25) is 13.9 Å². The maximum absolute atomic E-state index is 14.2. The van der Waals surface area contributed by atoms with Gasteiger partial charge in [0.25, 0.3) is 0 Å². The second kappa shape index (κ2) is 9.90. The molecule has 0 spiro atoms. The fraction of sp³-hybridized carbons (Fsp3) is 0.300. The number of hydrogen-bond donors (Lipinski definition) is 1. The van der Waals surface area contributed by atoms with Crippen LogP contribution in [0.15, 0.2) is 48.5 Å². The molecule has 0 aliphatic rings. The van der Waals surface area contributed by atoms with E-state index in [4.69, 9.17) is 11.6 Å². The summed E-state index contributed by atoms with van der Waals surface area (Å²) in [6.45, 7) is 0.911. The minimum Gasteiger partial charge on any atom is -0.357 e. The van der Waals surface area contributed by atoms with Gasteiger partial charge in [0.05, 0.1) is 11.9 Å². The average molecular weight is 456 g/mol. The fourth-order valence-electron chi connectivity index (χ4n) is 2.83. The zero-order valence-corrected chi connectivity index (χ0v) is 18.4. The number of anilines is 1. The van der Waals surface area contributed by atoms with Crippen molar-refractivity contribution in [2.75, 3.05) is 24.2 Å². The number of amides is 2. The van der Waals surface area contributed by atoms with Crippen molar-refractivity contribution in [3.8, 4) is 0 Å². The lowest BCUT2D eigenvalue weighted by atomic mass is 10.1. The van der Waals surface area contributed by atoms with E-state index in [2.05, 4.69) is 5.32 Å². The smallest absolute Gasteiger partial charge is 0.244 e. The van der Waals surface area contributed by atoms with Gasteiger partial charge in [0.15, 0.2) is 0 Å². The van der Waals surface area contributed by atoms with E-state index in [1.165, 1.54) is 37.1 Å². The van der Waals surface area contributed by atoms with Crippen LogP contribution in [0.25, 0.3) is 0 Å². The molecule has 0 saturated heterocycles. The van der Waals surface area contributed by atoms with Crippen molar-refractivity contribution < 1.29 is 22.4 Å². The van der Waals surface area contributed by atoms with E-state index < -0.39 is 40.2 Å². The van der Waals surface area contributed by atoms with Crippen LogP contribution in [0, 0.1) is 5.82 Å². The summed E-state index contributed by atoms with van der Waals surface area (Å²) in [5, 5.41) is 2.99. The molecule has 1 N–H and O–H groups in total. The average Bonchev–Trinajstić information content (AvgIpc) is 2.70. The third-order valence-corrected chi connectivity index (χ3v) is 5.86. The van der Waals surface area contributed by atoms with Crippen LogP contribution in [-0.2, 0) is 26.2 Å². The highest BCUT2D eigenvalue weighted by Gasteiger charge is 2.30. The zero-order valence-electron chi connectivity index (χ0n) is 16.8. The minimum atomic E-state index is -3.97. The topological polar surface area (TPSA) is 86.8 Å². The Hall–Kier alpha value is -2.65. The highest BCUT2D eigenvalue weighted by Crippen LogP contribution is 2.22. The van der Waals surface area contributed by atoms with Crippen LogP contribution < -0.4 is 9.62 Å². The van der Waals surface area contributed by atoms with Crippen molar-refractivity contribution >= 4 is 39.1 Å². The summed E-state index contributed by atoms with van der Waals surface area (Å²) < 4.78 is 39.5. The van der Waals surface area contributed by atoms with Crippen LogP contribution in [-0.4, -0.2) is 51.0 Å². The molecule has 30 heavy (non-hydrogen) atoms. The van der Waals surface area contributed by atoms with Gasteiger partial charge in [0, 0.05) is 18.6 Å². The molecule has 2 aromatic carbocycles. The number of nitrogens with zero attached hydrogens (tertiary/aromatic N) is 2. The molecular formula is C20H23ClFN3O4S. The number of hydrogen-bond acceptors (Lipinski definition) is 4. The number of rotatable bonds is 8. The van der Waals surface area contributed by atoms with Crippen LogP contribution >= 0.6 is 11.6 Å². The summed E-state index contributed by atoms with van der Waals surface area (Å²) in [6.07, 6.45) is 0.887. The molecule has 0 unspecified atom stereocenters. The van der Waals surface area contributed by atoms with Crippen molar-refractivity contribution in [2.45, 2.75) is 19.5 Å². The molecule has 0 saturated carbocycles. The van der Waals surface area contributed by atoms with Crippen molar-refractivity contribution in [1.29, 1.82) is 0 Å². The Balaban J connectivity index is 2.38. The first-order valence-electron chi connectivity index (χ1n) is 9.02. The number of carbonyl (C=O) groups excluding carboxylic acids is 2. The second-order valence-corrected chi connectivity index (χ2v) is 9.00. The van der Waals surface area contributed by atoms with Crippen LogP contribution in [0.3, 0.4) is 0 Å². The van der Waals surface area contributed by atoms with Gasteiger partial charge >= 0.3 is 0 Å². The largest absolute Gasteiger partial charge is 0.357 e. The molecule has 10 heteroatoms. The third-order valence-electron chi connectivity index (χ3n) is 4.48. The van der Waals surface area contributed by atoms with Gasteiger partial charge in [-0.2, -0.15) is 0 Å². The summed E-state index contributed by atoms with van der Waals surface area (Å²) >= 11 is 5.89. The minimum absolute atomic E-state index is 0.0411. The van der Waals surface area contributed by atoms with E-state index in [-0.39, 0.29) is 12.2 Å². The molecule has 0 aromatic heterocycles. The molecule has 7 nitrogen and oxygen atoms in total. The Morgan fingerprint density at radius 3 is 2.27 bits per heavy atom. The molecule has 0 fully saturated rings. The van der Waals surface area contributed by atoms with Gasteiger partial charge in [-0.25, -0.2) is 12.8 Å². The lowest BCUT2D eigenvalue weighted by molar-refractivity contribution is -0.139. The summed E-state index contributed by atoms with van der Waals surface area (Å²) in [7, 11) is -2.53. The van der Waals surface area contributed by atoms with Gasteiger partial charge in [0.1, 0.15) is 18.4 Å². The maximum Gasteiger partial charge on any atom is 0.244 e. The number of halogens is 2. The summed E-state index contributed by atoms with van der Waals surface area (Å²) in [5.74, 6) is -1.86. The first-order valence-corrected chi connectivity index (χ1v) is 11.2. The molecule has 0 radical (unpaired) electrons. The van der Waals surface area contributed by atoms with Crippen LogP contribution in [0.1, 0.15) is 12.5 Å². The third kappa shape index (κ3) is 5.93. The monoisotopic (exact) mass is 455 g/mol. The normalized spacial score (nSPS) is 12.2. The van der Waals surface area contributed by atoms with Gasteiger partial charge in [-0.05, 0) is 36.8 Å².